The van der Waals surface area contributed by atoms with Crippen LogP contribution in [0.15, 0.2) is 29.1 Å². The topological polar surface area (TPSA) is 113 Å². The van der Waals surface area contributed by atoms with Gasteiger partial charge in [0.25, 0.3) is 5.56 Å². The van der Waals surface area contributed by atoms with Crippen molar-refractivity contribution in [2.24, 2.45) is 0 Å². The molecule has 1 saturated heterocycles. The molecule has 0 radical (unpaired) electrons. The zero-order valence-corrected chi connectivity index (χ0v) is 18.9. The number of likely N-dealkylation sites (tertiary alicyclic amines) is 1. The van der Waals surface area contributed by atoms with Gasteiger partial charge in [-0.3, -0.25) is 9.59 Å². The van der Waals surface area contributed by atoms with Crippen molar-refractivity contribution in [3.63, 3.8) is 0 Å². The van der Waals surface area contributed by atoms with Crippen LogP contribution in [0.3, 0.4) is 0 Å². The van der Waals surface area contributed by atoms with Gasteiger partial charge >= 0.3 is 6.09 Å². The van der Waals surface area contributed by atoms with Crippen molar-refractivity contribution in [2.45, 2.75) is 64.3 Å². The van der Waals surface area contributed by atoms with Crippen molar-refractivity contribution in [3.05, 3.63) is 34.6 Å². The molecule has 1 aliphatic heterocycles. The Balaban J connectivity index is 1.79. The highest BCUT2D eigenvalue weighted by Gasteiger charge is 2.38. The van der Waals surface area contributed by atoms with Crippen LogP contribution < -0.4 is 5.56 Å². The summed E-state index contributed by atoms with van der Waals surface area (Å²) in [4.78, 5) is 40.0. The second-order valence-corrected chi connectivity index (χ2v) is 8.81. The summed E-state index contributed by atoms with van der Waals surface area (Å²) in [5.74, 6) is -0.261. The lowest BCUT2D eigenvalue weighted by Crippen LogP contribution is -2.54. The number of piperidine rings is 1. The third-order valence-corrected chi connectivity index (χ3v) is 5.14. The molecule has 0 saturated carbocycles. The molecule has 1 aromatic heterocycles. The van der Waals surface area contributed by atoms with E-state index in [0.717, 1.165) is 4.68 Å². The summed E-state index contributed by atoms with van der Waals surface area (Å²) in [5.41, 5.74) is -0.582. The number of benzene rings is 1. The minimum Gasteiger partial charge on any atom is -0.444 e. The summed E-state index contributed by atoms with van der Waals surface area (Å²) in [5, 5.41) is 8.30. The fourth-order valence-corrected chi connectivity index (χ4v) is 3.75. The van der Waals surface area contributed by atoms with Crippen molar-refractivity contribution in [1.82, 2.24) is 19.9 Å². The van der Waals surface area contributed by atoms with E-state index < -0.39 is 17.7 Å². The molecule has 10 heteroatoms. The van der Waals surface area contributed by atoms with Crippen molar-refractivity contribution < 1.29 is 23.8 Å². The summed E-state index contributed by atoms with van der Waals surface area (Å²) >= 11 is 0. The molecule has 0 aliphatic carbocycles. The van der Waals surface area contributed by atoms with E-state index in [1.807, 2.05) is 0 Å². The first-order valence-electron chi connectivity index (χ1n) is 10.6. The summed E-state index contributed by atoms with van der Waals surface area (Å²) in [7, 11) is 1.51. The molecule has 3 rings (SSSR count). The number of Topliss-reactive ketones (excluding diaryl/α,β-unsaturated/α-hetero) is 1. The molecule has 1 fully saturated rings. The highest BCUT2D eigenvalue weighted by atomic mass is 16.7. The van der Waals surface area contributed by atoms with E-state index in [-0.39, 0.29) is 37.2 Å². The zero-order chi connectivity index (χ0) is 23.3. The molecule has 32 heavy (non-hydrogen) atoms. The SMILES string of the molecule is COCO[C@H]1CCCN(C(=O)OC(C)(C)C)[C@H]1CC(=O)Cn1nnc2ccccc2c1=O. The minimum absolute atomic E-state index is 0.00539. The van der Waals surface area contributed by atoms with Crippen LogP contribution in [-0.2, 0) is 25.5 Å². The molecule has 0 unspecified atom stereocenters. The summed E-state index contributed by atoms with van der Waals surface area (Å²) in [6.07, 6.45) is 0.502. The molecule has 1 amide bonds. The van der Waals surface area contributed by atoms with Gasteiger partial charge in [-0.1, -0.05) is 17.3 Å². The first-order chi connectivity index (χ1) is 15.2. The van der Waals surface area contributed by atoms with Gasteiger partial charge in [-0.25, -0.2) is 9.48 Å². The van der Waals surface area contributed by atoms with E-state index >= 15 is 0 Å². The Bertz CT molecular complexity index is 1020. The summed E-state index contributed by atoms with van der Waals surface area (Å²) in [6, 6.07) is 6.29. The molecule has 174 valence electrons. The van der Waals surface area contributed by atoms with E-state index in [0.29, 0.717) is 30.3 Å². The number of aromatic nitrogens is 3. The first-order valence-corrected chi connectivity index (χ1v) is 10.6. The van der Waals surface area contributed by atoms with Gasteiger partial charge in [-0.05, 0) is 45.7 Å². The standard InChI is InChI=1S/C22H30N4O6/c1-22(2,3)32-21(29)25-11-7-10-19(31-14-30-4)18(25)12-15(27)13-26-20(28)16-8-5-6-9-17(16)23-24-26/h5-6,8-9,18-19H,7,10-14H2,1-4H3/t18-,19-/m0/s1. The number of carbonyl (C=O) groups excluding carboxylic acids is 2. The normalized spacial score (nSPS) is 19.2. The van der Waals surface area contributed by atoms with Crippen molar-refractivity contribution in [2.75, 3.05) is 20.4 Å². The average Bonchev–Trinajstić information content (AvgIpc) is 2.74. The van der Waals surface area contributed by atoms with E-state index in [1.165, 1.54) is 7.11 Å². The first kappa shape index (κ1) is 23.8. The highest BCUT2D eigenvalue weighted by Crippen LogP contribution is 2.26. The quantitative estimate of drug-likeness (QED) is 0.595. The van der Waals surface area contributed by atoms with Gasteiger partial charge in [-0.15, -0.1) is 5.10 Å². The van der Waals surface area contributed by atoms with Crippen LogP contribution in [0.5, 0.6) is 0 Å². The Morgan fingerprint density at radius 3 is 2.69 bits per heavy atom. The Morgan fingerprint density at radius 2 is 1.97 bits per heavy atom. The molecular formula is C22H30N4O6. The van der Waals surface area contributed by atoms with Crippen LogP contribution in [-0.4, -0.2) is 70.0 Å². The molecule has 2 heterocycles. The second kappa shape index (κ2) is 10.2. The lowest BCUT2D eigenvalue weighted by molar-refractivity contribution is -0.131. The number of carbonyl (C=O) groups is 2. The molecule has 0 spiro atoms. The number of methoxy groups -OCH3 is 1. The minimum atomic E-state index is -0.667. The van der Waals surface area contributed by atoms with E-state index in [1.54, 1.807) is 49.9 Å². The lowest BCUT2D eigenvalue weighted by Gasteiger charge is -2.41. The maximum Gasteiger partial charge on any atom is 0.410 e. The maximum atomic E-state index is 12.9. The van der Waals surface area contributed by atoms with Crippen LogP contribution in [0, 0.1) is 0 Å². The van der Waals surface area contributed by atoms with E-state index in [9.17, 15) is 14.4 Å². The van der Waals surface area contributed by atoms with Crippen molar-refractivity contribution >= 4 is 22.8 Å². The van der Waals surface area contributed by atoms with Gasteiger partial charge in [0.05, 0.1) is 17.5 Å². The number of nitrogens with zero attached hydrogens (tertiary/aromatic N) is 4. The Hall–Kier alpha value is -2.85. The monoisotopic (exact) mass is 446 g/mol. The van der Waals surface area contributed by atoms with Crippen molar-refractivity contribution in [3.8, 4) is 0 Å². The number of ether oxygens (including phenoxy) is 3. The van der Waals surface area contributed by atoms with E-state index in [2.05, 4.69) is 10.3 Å². The molecule has 1 aliphatic rings. The summed E-state index contributed by atoms with van der Waals surface area (Å²) in [6.45, 7) is 5.63. The predicted molar refractivity (Wildman–Crippen MR) is 116 cm³/mol. The molecule has 1 aromatic carbocycles. The van der Waals surface area contributed by atoms with Gasteiger partial charge in [0.1, 0.15) is 24.5 Å². The molecular weight excluding hydrogens is 416 g/mol. The number of hydrogen-bond acceptors (Lipinski definition) is 8. The largest absolute Gasteiger partial charge is 0.444 e. The Kier molecular flexibility index (Phi) is 7.57. The summed E-state index contributed by atoms with van der Waals surface area (Å²) < 4.78 is 17.4. The fraction of sp³-hybridized carbons (Fsp3) is 0.591. The van der Waals surface area contributed by atoms with Gasteiger partial charge in [0.2, 0.25) is 0 Å². The zero-order valence-electron chi connectivity index (χ0n) is 18.9. The Labute approximate surface area is 186 Å². The van der Waals surface area contributed by atoms with Gasteiger partial charge in [0.15, 0.2) is 5.78 Å². The predicted octanol–water partition coefficient (Wildman–Crippen LogP) is 2.14. The second-order valence-electron chi connectivity index (χ2n) is 8.81. The highest BCUT2D eigenvalue weighted by molar-refractivity contribution is 5.81. The lowest BCUT2D eigenvalue weighted by atomic mass is 9.94. The average molecular weight is 447 g/mol. The third-order valence-electron chi connectivity index (χ3n) is 5.14. The number of fused-ring (bicyclic) bond motifs is 1. The number of hydrogen-bond donors (Lipinski definition) is 0. The smallest absolute Gasteiger partial charge is 0.410 e. The fourth-order valence-electron chi connectivity index (χ4n) is 3.75. The maximum absolute atomic E-state index is 12.9. The molecule has 2 atom stereocenters. The number of amides is 1. The molecule has 0 N–H and O–H groups in total. The Morgan fingerprint density at radius 1 is 1.22 bits per heavy atom. The van der Waals surface area contributed by atoms with E-state index in [4.69, 9.17) is 14.2 Å². The van der Waals surface area contributed by atoms with Crippen LogP contribution in [0.1, 0.15) is 40.0 Å². The van der Waals surface area contributed by atoms with Crippen molar-refractivity contribution in [1.29, 1.82) is 0 Å². The molecule has 2 aromatic rings. The van der Waals surface area contributed by atoms with Crippen LogP contribution >= 0.6 is 0 Å². The third kappa shape index (κ3) is 5.89. The van der Waals surface area contributed by atoms with Gasteiger partial charge in [-0.2, -0.15) is 0 Å². The number of rotatable bonds is 7. The molecule has 10 nitrogen and oxygen atoms in total. The van der Waals surface area contributed by atoms with Crippen LogP contribution in [0.2, 0.25) is 0 Å². The van der Waals surface area contributed by atoms with Crippen LogP contribution in [0.25, 0.3) is 10.9 Å². The molecule has 0 bridgehead atoms. The number of ketones is 1. The van der Waals surface area contributed by atoms with Gasteiger partial charge in [0, 0.05) is 20.1 Å². The van der Waals surface area contributed by atoms with Crippen LogP contribution in [0.4, 0.5) is 4.79 Å². The van der Waals surface area contributed by atoms with Gasteiger partial charge < -0.3 is 19.1 Å².